The fourth-order valence-corrected chi connectivity index (χ4v) is 4.32. The van der Waals surface area contributed by atoms with Crippen molar-refractivity contribution in [3.8, 4) is 0 Å². The Balaban J connectivity index is 1.50. The molecule has 2 atom stereocenters. The van der Waals surface area contributed by atoms with Gasteiger partial charge in [-0.1, -0.05) is 41.9 Å². The van der Waals surface area contributed by atoms with E-state index in [1.807, 2.05) is 0 Å². The molecular formula is C23H21ClF2N4O3. The third-order valence-electron chi connectivity index (χ3n) is 5.75. The fourth-order valence-electron chi connectivity index (χ4n) is 4.13. The van der Waals surface area contributed by atoms with Crippen LogP contribution >= 0.6 is 11.6 Å². The highest BCUT2D eigenvalue weighted by atomic mass is 35.5. The second-order valence-corrected chi connectivity index (χ2v) is 8.29. The minimum atomic E-state index is -1.36. The fraction of sp³-hybridized carbons (Fsp3) is 0.261. The number of anilines is 1. The van der Waals surface area contributed by atoms with Crippen LogP contribution in [0.3, 0.4) is 0 Å². The van der Waals surface area contributed by atoms with Crippen LogP contribution in [0.5, 0.6) is 0 Å². The number of nitrogens with one attached hydrogen (secondary N) is 1. The van der Waals surface area contributed by atoms with Crippen molar-refractivity contribution in [3.63, 3.8) is 0 Å². The Hall–Kier alpha value is -3.46. The number of nitrogens with zero attached hydrogens (tertiary/aromatic N) is 2. The average Bonchev–Trinajstić information content (AvgIpc) is 3.36. The van der Waals surface area contributed by atoms with E-state index in [1.165, 1.54) is 22.9 Å². The Bertz CT molecular complexity index is 1250. The van der Waals surface area contributed by atoms with Crippen LogP contribution in [0.2, 0.25) is 5.02 Å². The molecule has 0 radical (unpaired) electrons. The first kappa shape index (κ1) is 22.7. The number of benzene rings is 2. The smallest absolute Gasteiger partial charge is 0.323 e. The number of carbonyl (C=O) groups is 3. The van der Waals surface area contributed by atoms with Gasteiger partial charge in [0.1, 0.15) is 12.0 Å². The Morgan fingerprint density at radius 2 is 1.91 bits per heavy atom. The molecule has 0 unspecified atom stereocenters. The van der Waals surface area contributed by atoms with Gasteiger partial charge in [-0.05, 0) is 24.1 Å². The van der Waals surface area contributed by atoms with E-state index in [4.69, 9.17) is 17.3 Å². The molecule has 0 bridgehead atoms. The Labute approximate surface area is 193 Å². The molecule has 4 rings (SSSR count). The predicted octanol–water partition coefficient (Wildman–Crippen LogP) is 4.51. The van der Waals surface area contributed by atoms with Crippen molar-refractivity contribution in [1.82, 2.24) is 9.47 Å². The average molecular weight is 475 g/mol. The second-order valence-electron chi connectivity index (χ2n) is 7.88. The SMILES string of the molecule is NC(=O)n1cc(NC(=O)N2C[C@H](F)C[C@H]2C(=O)CCc2cccc(Cl)c2F)c2ccccc21. The maximum absolute atomic E-state index is 14.2. The Morgan fingerprint density at radius 3 is 2.67 bits per heavy atom. The van der Waals surface area contributed by atoms with Crippen LogP contribution in [0, 0.1) is 5.82 Å². The lowest BCUT2D eigenvalue weighted by Gasteiger charge is -2.23. The molecule has 1 aromatic heterocycles. The molecule has 0 saturated carbocycles. The summed E-state index contributed by atoms with van der Waals surface area (Å²) in [7, 11) is 0. The van der Waals surface area contributed by atoms with Gasteiger partial charge in [-0.2, -0.15) is 0 Å². The number of fused-ring (bicyclic) bond motifs is 1. The number of nitrogens with two attached hydrogens (primary N) is 1. The molecule has 0 aliphatic carbocycles. The van der Waals surface area contributed by atoms with E-state index in [0.29, 0.717) is 16.6 Å². The van der Waals surface area contributed by atoms with Crippen molar-refractivity contribution < 1.29 is 23.2 Å². The highest BCUT2D eigenvalue weighted by Crippen LogP contribution is 2.28. The normalized spacial score (nSPS) is 18.0. The van der Waals surface area contributed by atoms with Crippen LogP contribution in [0.1, 0.15) is 18.4 Å². The summed E-state index contributed by atoms with van der Waals surface area (Å²) in [4.78, 5) is 38.6. The number of hydrogen-bond acceptors (Lipinski definition) is 3. The van der Waals surface area contributed by atoms with Crippen molar-refractivity contribution in [1.29, 1.82) is 0 Å². The first-order valence-electron chi connectivity index (χ1n) is 10.3. The minimum absolute atomic E-state index is 0.0410. The molecule has 3 amide bonds. The van der Waals surface area contributed by atoms with E-state index >= 15 is 0 Å². The van der Waals surface area contributed by atoms with E-state index < -0.39 is 30.1 Å². The summed E-state index contributed by atoms with van der Waals surface area (Å²) in [5.41, 5.74) is 6.49. The van der Waals surface area contributed by atoms with Gasteiger partial charge in [0.2, 0.25) is 0 Å². The standard InChI is InChI=1S/C23H21ClF2N4O3/c24-16-6-3-4-13(21(16)26)8-9-20(31)19-10-14(25)11-30(19)23(33)28-17-12-29(22(27)32)18-7-2-1-5-15(17)18/h1-7,12,14,19H,8-11H2,(H2,27,32)(H,28,33)/t14-,19+/m1/s1. The van der Waals surface area contributed by atoms with Gasteiger partial charge in [0.05, 0.1) is 28.8 Å². The number of rotatable bonds is 5. The molecule has 10 heteroatoms. The minimum Gasteiger partial charge on any atom is -0.351 e. The van der Waals surface area contributed by atoms with Gasteiger partial charge in [0.25, 0.3) is 0 Å². The number of halogens is 3. The molecule has 7 nitrogen and oxygen atoms in total. The number of para-hydroxylation sites is 1. The third-order valence-corrected chi connectivity index (χ3v) is 6.04. The van der Waals surface area contributed by atoms with Crippen molar-refractivity contribution in [2.75, 3.05) is 11.9 Å². The number of aromatic nitrogens is 1. The summed E-state index contributed by atoms with van der Waals surface area (Å²) < 4.78 is 29.5. The zero-order valence-electron chi connectivity index (χ0n) is 17.4. The monoisotopic (exact) mass is 474 g/mol. The number of amides is 3. The van der Waals surface area contributed by atoms with Crippen LogP contribution in [0.25, 0.3) is 10.9 Å². The molecule has 0 spiro atoms. The molecular weight excluding hydrogens is 454 g/mol. The quantitative estimate of drug-likeness (QED) is 0.569. The van der Waals surface area contributed by atoms with Gasteiger partial charge in [-0.15, -0.1) is 0 Å². The van der Waals surface area contributed by atoms with Crippen molar-refractivity contribution in [2.45, 2.75) is 31.5 Å². The number of ketones is 1. The predicted molar refractivity (Wildman–Crippen MR) is 121 cm³/mol. The second kappa shape index (κ2) is 9.19. The molecule has 3 N–H and O–H groups in total. The number of likely N-dealkylation sites (tertiary alicyclic amines) is 1. The maximum atomic E-state index is 14.2. The van der Waals surface area contributed by atoms with Crippen molar-refractivity contribution in [3.05, 3.63) is 65.1 Å². The van der Waals surface area contributed by atoms with Gasteiger partial charge in [-0.3, -0.25) is 9.36 Å². The van der Waals surface area contributed by atoms with Crippen LogP contribution < -0.4 is 11.1 Å². The molecule has 1 fully saturated rings. The lowest BCUT2D eigenvalue weighted by molar-refractivity contribution is -0.122. The van der Waals surface area contributed by atoms with E-state index in [9.17, 15) is 23.2 Å². The van der Waals surface area contributed by atoms with Gasteiger partial charge in [-0.25, -0.2) is 18.4 Å². The molecule has 1 aliphatic heterocycles. The topological polar surface area (TPSA) is 97.4 Å². The highest BCUT2D eigenvalue weighted by molar-refractivity contribution is 6.30. The van der Waals surface area contributed by atoms with Gasteiger partial charge < -0.3 is 16.0 Å². The lowest BCUT2D eigenvalue weighted by atomic mass is 10.0. The van der Waals surface area contributed by atoms with Crippen molar-refractivity contribution >= 4 is 46.0 Å². The van der Waals surface area contributed by atoms with E-state index in [2.05, 4.69) is 5.32 Å². The van der Waals surface area contributed by atoms with Crippen LogP contribution in [0.4, 0.5) is 24.1 Å². The van der Waals surface area contributed by atoms with Crippen molar-refractivity contribution in [2.24, 2.45) is 5.73 Å². The van der Waals surface area contributed by atoms with E-state index in [-0.39, 0.29) is 42.2 Å². The number of urea groups is 1. The number of aryl methyl sites for hydroxylation is 1. The summed E-state index contributed by atoms with van der Waals surface area (Å²) in [6.07, 6.45) is -0.0980. The van der Waals surface area contributed by atoms with E-state index in [0.717, 1.165) is 4.90 Å². The summed E-state index contributed by atoms with van der Waals surface area (Å²) >= 11 is 5.78. The molecule has 33 heavy (non-hydrogen) atoms. The largest absolute Gasteiger partial charge is 0.351 e. The van der Waals surface area contributed by atoms with E-state index in [1.54, 1.807) is 30.3 Å². The first-order valence-corrected chi connectivity index (χ1v) is 10.7. The van der Waals surface area contributed by atoms with Gasteiger partial charge >= 0.3 is 12.1 Å². The number of alkyl halides is 1. The van der Waals surface area contributed by atoms with Crippen LogP contribution in [0.15, 0.2) is 48.7 Å². The summed E-state index contributed by atoms with van der Waals surface area (Å²) in [6.45, 7) is -0.248. The molecule has 2 heterocycles. The number of Topliss-reactive ketones (excluding diaryl/α,β-unsaturated/α-hetero) is 1. The summed E-state index contributed by atoms with van der Waals surface area (Å²) in [6, 6.07) is 8.98. The van der Waals surface area contributed by atoms with Crippen LogP contribution in [-0.4, -0.2) is 46.1 Å². The Kier molecular flexibility index (Phi) is 6.33. The Morgan fingerprint density at radius 1 is 1.15 bits per heavy atom. The highest BCUT2D eigenvalue weighted by Gasteiger charge is 2.39. The summed E-state index contributed by atoms with van der Waals surface area (Å²) in [5.74, 6) is -0.966. The first-order chi connectivity index (χ1) is 15.8. The molecule has 2 aromatic carbocycles. The molecule has 1 aliphatic rings. The zero-order valence-corrected chi connectivity index (χ0v) is 18.2. The van der Waals surface area contributed by atoms with Gasteiger partial charge in [0.15, 0.2) is 5.78 Å². The number of carbonyl (C=O) groups excluding carboxylic acids is 3. The van der Waals surface area contributed by atoms with Crippen LogP contribution in [-0.2, 0) is 11.2 Å². The van der Waals surface area contributed by atoms with Gasteiger partial charge in [0, 0.05) is 24.4 Å². The molecule has 1 saturated heterocycles. The number of hydrogen-bond donors (Lipinski definition) is 2. The maximum Gasteiger partial charge on any atom is 0.323 e. The zero-order chi connectivity index (χ0) is 23.7. The third kappa shape index (κ3) is 4.54. The molecule has 3 aromatic rings. The lowest BCUT2D eigenvalue weighted by Crippen LogP contribution is -2.43. The molecule has 172 valence electrons. The summed E-state index contributed by atoms with van der Waals surface area (Å²) in [5, 5.41) is 3.19. The number of primary amides is 1.